The number of aromatic nitrogens is 3. The Kier molecular flexibility index (Phi) is 5.71. The number of hydrogen-bond acceptors (Lipinski definition) is 5. The highest BCUT2D eigenvalue weighted by molar-refractivity contribution is 6.31. The second-order valence-corrected chi connectivity index (χ2v) is 6.61. The minimum absolute atomic E-state index is 0.174. The molecule has 0 fully saturated rings. The molecule has 0 spiro atoms. The molecule has 2 aromatic carbocycles. The van der Waals surface area contributed by atoms with E-state index < -0.39 is 0 Å². The van der Waals surface area contributed by atoms with Crippen LogP contribution in [0.2, 0.25) is 5.02 Å². The van der Waals surface area contributed by atoms with Crippen molar-refractivity contribution in [1.29, 1.82) is 0 Å². The topological polar surface area (TPSA) is 86.1 Å². The number of methoxy groups -OCH3 is 1. The van der Waals surface area contributed by atoms with E-state index in [-0.39, 0.29) is 24.1 Å². The van der Waals surface area contributed by atoms with Crippen molar-refractivity contribution < 1.29 is 9.53 Å². The molecule has 0 aliphatic heterocycles. The van der Waals surface area contributed by atoms with E-state index in [0.29, 0.717) is 28.1 Å². The lowest BCUT2D eigenvalue weighted by atomic mass is 10.1. The minimum atomic E-state index is -0.346. The molecule has 3 aromatic rings. The second kappa shape index (κ2) is 8.18. The first-order valence-electron chi connectivity index (χ1n) is 8.42. The van der Waals surface area contributed by atoms with Gasteiger partial charge in [-0.2, -0.15) is 0 Å². The van der Waals surface area contributed by atoms with E-state index in [0.717, 1.165) is 10.2 Å². The number of fused-ring (bicyclic) bond motifs is 1. The van der Waals surface area contributed by atoms with Gasteiger partial charge in [-0.15, -0.1) is 5.10 Å². The first kappa shape index (κ1) is 18.8. The Labute approximate surface area is 160 Å². The first-order chi connectivity index (χ1) is 13.0. The molecule has 0 saturated carbocycles. The zero-order chi connectivity index (χ0) is 19.4. The lowest BCUT2D eigenvalue weighted by Crippen LogP contribution is -2.39. The summed E-state index contributed by atoms with van der Waals surface area (Å²) >= 11 is 6.24. The van der Waals surface area contributed by atoms with Crippen LogP contribution in [0.25, 0.3) is 10.9 Å². The fourth-order valence-electron chi connectivity index (χ4n) is 2.78. The van der Waals surface area contributed by atoms with Crippen molar-refractivity contribution >= 4 is 28.4 Å². The molecule has 8 heteroatoms. The van der Waals surface area contributed by atoms with Gasteiger partial charge in [0.25, 0.3) is 5.56 Å². The number of amides is 1. The highest BCUT2D eigenvalue weighted by Crippen LogP contribution is 2.23. The summed E-state index contributed by atoms with van der Waals surface area (Å²) in [6, 6.07) is 12.1. The smallest absolute Gasteiger partial charge is 0.278 e. The summed E-state index contributed by atoms with van der Waals surface area (Å²) < 4.78 is 6.19. The number of halogens is 1. The van der Waals surface area contributed by atoms with E-state index in [1.165, 1.54) is 0 Å². The fourth-order valence-corrected chi connectivity index (χ4v) is 3.03. The van der Waals surface area contributed by atoms with Gasteiger partial charge >= 0.3 is 0 Å². The largest absolute Gasteiger partial charge is 0.497 e. The highest BCUT2D eigenvalue weighted by atomic mass is 35.5. The van der Waals surface area contributed by atoms with Crippen LogP contribution >= 0.6 is 11.6 Å². The molecule has 0 saturated heterocycles. The summed E-state index contributed by atoms with van der Waals surface area (Å²) in [6.07, 6.45) is 0.548. The number of ether oxygens (including phenoxy) is 1. The molecule has 3 rings (SSSR count). The average Bonchev–Trinajstić information content (AvgIpc) is 2.65. The van der Waals surface area contributed by atoms with Crippen LogP contribution in [0.15, 0.2) is 47.3 Å². The zero-order valence-corrected chi connectivity index (χ0v) is 15.7. The Bertz CT molecular complexity index is 1030. The van der Waals surface area contributed by atoms with Gasteiger partial charge in [0, 0.05) is 11.1 Å². The van der Waals surface area contributed by atoms with Crippen molar-refractivity contribution in [2.45, 2.75) is 25.9 Å². The van der Waals surface area contributed by atoms with Crippen molar-refractivity contribution in [3.8, 4) is 5.75 Å². The molecule has 1 N–H and O–H groups in total. The van der Waals surface area contributed by atoms with E-state index in [4.69, 9.17) is 16.3 Å². The SMILES string of the molecule is COc1ccc(CC(C)NC(=O)Cn2nnc3ccccc3c2=O)c(Cl)c1. The van der Waals surface area contributed by atoms with Crippen LogP contribution in [0, 0.1) is 0 Å². The summed E-state index contributed by atoms with van der Waals surface area (Å²) in [5, 5.41) is 11.7. The van der Waals surface area contributed by atoms with Crippen molar-refractivity contribution in [3.63, 3.8) is 0 Å². The van der Waals surface area contributed by atoms with Gasteiger partial charge in [0.05, 0.1) is 12.5 Å². The van der Waals surface area contributed by atoms with Crippen LogP contribution in [0.5, 0.6) is 5.75 Å². The Balaban J connectivity index is 1.65. The van der Waals surface area contributed by atoms with Gasteiger partial charge < -0.3 is 10.1 Å². The summed E-state index contributed by atoms with van der Waals surface area (Å²) in [7, 11) is 1.58. The zero-order valence-electron chi connectivity index (χ0n) is 15.0. The molecule has 1 heterocycles. The number of benzene rings is 2. The number of nitrogens with zero attached hydrogens (tertiary/aromatic N) is 3. The van der Waals surface area contributed by atoms with Crippen molar-refractivity contribution in [2.75, 3.05) is 7.11 Å². The summed E-state index contributed by atoms with van der Waals surface area (Å²) in [4.78, 5) is 24.7. The predicted molar refractivity (Wildman–Crippen MR) is 103 cm³/mol. The van der Waals surface area contributed by atoms with Gasteiger partial charge in [0.2, 0.25) is 5.91 Å². The van der Waals surface area contributed by atoms with Gasteiger partial charge in [0.1, 0.15) is 17.8 Å². The third-order valence-corrected chi connectivity index (χ3v) is 4.47. The Morgan fingerprint density at radius 2 is 2.07 bits per heavy atom. The van der Waals surface area contributed by atoms with E-state index in [1.807, 2.05) is 19.1 Å². The molecule has 27 heavy (non-hydrogen) atoms. The molecule has 0 aliphatic rings. The highest BCUT2D eigenvalue weighted by Gasteiger charge is 2.13. The van der Waals surface area contributed by atoms with Crippen LogP contribution < -0.4 is 15.6 Å². The van der Waals surface area contributed by atoms with Gasteiger partial charge in [-0.05, 0) is 43.2 Å². The predicted octanol–water partition coefficient (Wildman–Crippen LogP) is 2.20. The molecule has 0 bridgehead atoms. The molecular weight excluding hydrogens is 368 g/mol. The summed E-state index contributed by atoms with van der Waals surface area (Å²) in [5.41, 5.74) is 1.05. The van der Waals surface area contributed by atoms with Crippen molar-refractivity contribution in [3.05, 3.63) is 63.4 Å². The van der Waals surface area contributed by atoms with Crippen LogP contribution in [-0.2, 0) is 17.8 Å². The van der Waals surface area contributed by atoms with E-state index in [1.54, 1.807) is 37.4 Å². The first-order valence-corrected chi connectivity index (χ1v) is 8.80. The van der Waals surface area contributed by atoms with E-state index >= 15 is 0 Å². The molecule has 140 valence electrons. The lowest BCUT2D eigenvalue weighted by molar-refractivity contribution is -0.122. The monoisotopic (exact) mass is 386 g/mol. The summed E-state index contributed by atoms with van der Waals surface area (Å²) in [6.45, 7) is 1.67. The lowest BCUT2D eigenvalue weighted by Gasteiger charge is -2.15. The van der Waals surface area contributed by atoms with Gasteiger partial charge in [-0.1, -0.05) is 35.0 Å². The maximum Gasteiger partial charge on any atom is 0.278 e. The van der Waals surface area contributed by atoms with Crippen molar-refractivity contribution in [2.24, 2.45) is 0 Å². The minimum Gasteiger partial charge on any atom is -0.497 e. The van der Waals surface area contributed by atoms with Gasteiger partial charge in [0.15, 0.2) is 0 Å². The van der Waals surface area contributed by atoms with Crippen molar-refractivity contribution in [1.82, 2.24) is 20.3 Å². The quantitative estimate of drug-likeness (QED) is 0.701. The fraction of sp³-hybridized carbons (Fsp3) is 0.263. The van der Waals surface area contributed by atoms with Gasteiger partial charge in [-0.25, -0.2) is 4.68 Å². The molecule has 1 aromatic heterocycles. The molecule has 1 unspecified atom stereocenters. The Hall–Kier alpha value is -2.93. The number of nitrogens with one attached hydrogen (secondary N) is 1. The molecular formula is C19H19ClN4O3. The van der Waals surface area contributed by atoms with Gasteiger partial charge in [-0.3, -0.25) is 9.59 Å². The van der Waals surface area contributed by atoms with Crippen LogP contribution in [0.1, 0.15) is 12.5 Å². The summed E-state index contributed by atoms with van der Waals surface area (Å²) in [5.74, 6) is 0.355. The molecule has 0 aliphatic carbocycles. The Morgan fingerprint density at radius 3 is 2.81 bits per heavy atom. The number of hydrogen-bond donors (Lipinski definition) is 1. The third kappa shape index (κ3) is 4.43. The van der Waals surface area contributed by atoms with Crippen LogP contribution in [0.3, 0.4) is 0 Å². The molecule has 7 nitrogen and oxygen atoms in total. The maximum atomic E-state index is 12.4. The molecule has 0 radical (unpaired) electrons. The third-order valence-electron chi connectivity index (χ3n) is 4.12. The second-order valence-electron chi connectivity index (χ2n) is 6.20. The van der Waals surface area contributed by atoms with Crippen LogP contribution in [-0.4, -0.2) is 34.1 Å². The molecule has 1 amide bonds. The standard InChI is InChI=1S/C19H19ClN4O3/c1-12(9-13-7-8-14(27-2)10-16(13)20)21-18(25)11-24-19(26)15-5-3-4-6-17(15)22-23-24/h3-8,10,12H,9,11H2,1-2H3,(H,21,25). The van der Waals surface area contributed by atoms with E-state index in [9.17, 15) is 9.59 Å². The number of rotatable bonds is 6. The number of carbonyl (C=O) groups is 1. The number of carbonyl (C=O) groups excluding carboxylic acids is 1. The molecule has 1 atom stereocenters. The van der Waals surface area contributed by atoms with Crippen LogP contribution in [0.4, 0.5) is 0 Å². The Morgan fingerprint density at radius 1 is 1.30 bits per heavy atom. The maximum absolute atomic E-state index is 12.4. The average molecular weight is 387 g/mol. The normalized spacial score (nSPS) is 12.0. The van der Waals surface area contributed by atoms with E-state index in [2.05, 4.69) is 15.6 Å².